The molecule has 1 heterocycles. The van der Waals surface area contributed by atoms with Gasteiger partial charge in [0.05, 0.1) is 12.1 Å². The van der Waals surface area contributed by atoms with Gasteiger partial charge in [-0.15, -0.1) is 0 Å². The molecule has 0 atom stereocenters. The zero-order valence-corrected chi connectivity index (χ0v) is 14.7. The lowest BCUT2D eigenvalue weighted by Crippen LogP contribution is -2.25. The molecule has 138 valence electrons. The molecule has 2 amide bonds. The summed E-state index contributed by atoms with van der Waals surface area (Å²) in [5.41, 5.74) is 7.52. The summed E-state index contributed by atoms with van der Waals surface area (Å²) in [5.74, 6) is -0.569. The summed E-state index contributed by atoms with van der Waals surface area (Å²) in [6.07, 6.45) is 3.62. The highest BCUT2D eigenvalue weighted by Gasteiger charge is 2.13. The first kappa shape index (κ1) is 18.2. The molecule has 0 aliphatic carbocycles. The van der Waals surface area contributed by atoms with Crippen molar-refractivity contribution in [3.8, 4) is 5.75 Å². The number of aromatic nitrogens is 2. The number of rotatable bonds is 8. The first-order valence-electron chi connectivity index (χ1n) is 8.46. The van der Waals surface area contributed by atoms with E-state index in [-0.39, 0.29) is 12.5 Å². The number of hydrogen-bond donors (Lipinski definition) is 2. The van der Waals surface area contributed by atoms with Gasteiger partial charge in [-0.3, -0.25) is 14.3 Å². The minimum Gasteiger partial charge on any atom is -0.483 e. The highest BCUT2D eigenvalue weighted by Crippen LogP contribution is 2.18. The van der Waals surface area contributed by atoms with Crippen LogP contribution >= 0.6 is 0 Å². The monoisotopic (exact) mass is 364 g/mol. The maximum absolute atomic E-state index is 12.6. The third kappa shape index (κ3) is 4.94. The van der Waals surface area contributed by atoms with Crippen LogP contribution in [0.4, 0.5) is 0 Å². The number of benzene rings is 2. The van der Waals surface area contributed by atoms with Gasteiger partial charge in [-0.25, -0.2) is 0 Å². The zero-order valence-electron chi connectivity index (χ0n) is 14.7. The van der Waals surface area contributed by atoms with Gasteiger partial charge in [0.25, 0.3) is 11.8 Å². The lowest BCUT2D eigenvalue weighted by atomic mass is 10.1. The Labute approximate surface area is 156 Å². The van der Waals surface area contributed by atoms with Crippen LogP contribution in [0.5, 0.6) is 5.75 Å². The van der Waals surface area contributed by atoms with Crippen molar-refractivity contribution in [2.45, 2.75) is 13.1 Å². The van der Waals surface area contributed by atoms with Crippen LogP contribution in [-0.4, -0.2) is 28.2 Å². The largest absolute Gasteiger partial charge is 0.483 e. The summed E-state index contributed by atoms with van der Waals surface area (Å²) in [5, 5.41) is 7.12. The first-order valence-corrected chi connectivity index (χ1v) is 8.46. The van der Waals surface area contributed by atoms with E-state index in [0.717, 1.165) is 11.1 Å². The van der Waals surface area contributed by atoms with Crippen LogP contribution in [0, 0.1) is 0 Å². The third-order valence-electron chi connectivity index (χ3n) is 3.95. The average molecular weight is 364 g/mol. The van der Waals surface area contributed by atoms with Gasteiger partial charge in [0.2, 0.25) is 0 Å². The summed E-state index contributed by atoms with van der Waals surface area (Å²) in [6, 6.07) is 16.5. The van der Waals surface area contributed by atoms with Gasteiger partial charge in [0, 0.05) is 18.9 Å². The Hall–Kier alpha value is -3.61. The zero-order chi connectivity index (χ0) is 19.1. The quantitative estimate of drug-likeness (QED) is 0.636. The van der Waals surface area contributed by atoms with E-state index in [1.54, 1.807) is 30.5 Å². The molecule has 7 heteroatoms. The lowest BCUT2D eigenvalue weighted by molar-refractivity contribution is -0.119. The number of para-hydroxylation sites is 1. The van der Waals surface area contributed by atoms with E-state index in [2.05, 4.69) is 10.4 Å². The Morgan fingerprint density at radius 2 is 1.78 bits per heavy atom. The molecule has 0 aliphatic heterocycles. The molecule has 7 nitrogen and oxygen atoms in total. The molecule has 1 aromatic heterocycles. The van der Waals surface area contributed by atoms with Gasteiger partial charge >= 0.3 is 0 Å². The molecule has 3 rings (SSSR count). The number of amides is 2. The van der Waals surface area contributed by atoms with Crippen LogP contribution in [0.25, 0.3) is 0 Å². The fourth-order valence-corrected chi connectivity index (χ4v) is 2.65. The van der Waals surface area contributed by atoms with Crippen LogP contribution in [0.2, 0.25) is 0 Å². The number of hydrogen-bond acceptors (Lipinski definition) is 4. The van der Waals surface area contributed by atoms with Gasteiger partial charge in [0.15, 0.2) is 6.61 Å². The number of carbonyl (C=O) groups is 2. The maximum atomic E-state index is 12.6. The molecular weight excluding hydrogens is 344 g/mol. The van der Waals surface area contributed by atoms with Crippen molar-refractivity contribution in [2.75, 3.05) is 6.61 Å². The molecule has 0 bridgehead atoms. The summed E-state index contributed by atoms with van der Waals surface area (Å²) in [6.45, 7) is 0.703. The molecule has 0 saturated heterocycles. The average Bonchev–Trinajstić information content (AvgIpc) is 3.19. The van der Waals surface area contributed by atoms with Gasteiger partial charge in [-0.05, 0) is 29.3 Å². The summed E-state index contributed by atoms with van der Waals surface area (Å²) in [7, 11) is 0. The number of nitrogens with two attached hydrogens (primary N) is 1. The van der Waals surface area contributed by atoms with Crippen molar-refractivity contribution < 1.29 is 14.3 Å². The molecule has 0 radical (unpaired) electrons. The number of carbonyl (C=O) groups excluding carboxylic acids is 2. The normalized spacial score (nSPS) is 10.4. The van der Waals surface area contributed by atoms with Crippen LogP contribution in [0.15, 0.2) is 67.0 Å². The van der Waals surface area contributed by atoms with Crippen LogP contribution in [0.3, 0.4) is 0 Å². The predicted molar refractivity (Wildman–Crippen MR) is 100 cm³/mol. The minimum atomic E-state index is -0.599. The van der Waals surface area contributed by atoms with Crippen molar-refractivity contribution in [3.05, 3.63) is 83.7 Å². The molecule has 27 heavy (non-hydrogen) atoms. The molecular formula is C20H20N4O3. The fraction of sp³-hybridized carbons (Fsp3) is 0.150. The van der Waals surface area contributed by atoms with Gasteiger partial charge in [-0.1, -0.05) is 36.4 Å². The third-order valence-corrected chi connectivity index (χ3v) is 3.95. The van der Waals surface area contributed by atoms with Crippen molar-refractivity contribution >= 4 is 11.8 Å². The number of ether oxygens (including phenoxy) is 1. The number of nitrogens with zero attached hydrogens (tertiary/aromatic N) is 2. The molecule has 0 unspecified atom stereocenters. The fourth-order valence-electron chi connectivity index (χ4n) is 2.65. The van der Waals surface area contributed by atoms with Crippen LogP contribution in [0.1, 0.15) is 21.5 Å². The predicted octanol–water partition coefficient (Wildman–Crippen LogP) is 1.73. The minimum absolute atomic E-state index is 0.281. The standard InChI is InChI=1S/C20H20N4O3/c21-19(25)14-27-18-9-4-3-8-17(18)20(26)22-12-15-6-1-2-7-16(15)13-24-11-5-10-23-24/h1-11H,12-14H2,(H2,21,25)(H,22,26). The molecule has 0 saturated carbocycles. The maximum Gasteiger partial charge on any atom is 0.255 e. The molecule has 0 fully saturated rings. The molecule has 0 aliphatic rings. The topological polar surface area (TPSA) is 99.2 Å². The van der Waals surface area contributed by atoms with E-state index in [4.69, 9.17) is 10.5 Å². The number of nitrogens with one attached hydrogen (secondary N) is 1. The van der Waals surface area contributed by atoms with Crippen molar-refractivity contribution in [3.63, 3.8) is 0 Å². The van der Waals surface area contributed by atoms with Crippen LogP contribution in [-0.2, 0) is 17.9 Å². The Bertz CT molecular complexity index is 922. The highest BCUT2D eigenvalue weighted by atomic mass is 16.5. The molecule has 0 spiro atoms. The summed E-state index contributed by atoms with van der Waals surface area (Å²) in [4.78, 5) is 23.5. The van der Waals surface area contributed by atoms with Gasteiger partial charge in [-0.2, -0.15) is 5.10 Å². The van der Waals surface area contributed by atoms with Crippen molar-refractivity contribution in [1.82, 2.24) is 15.1 Å². The SMILES string of the molecule is NC(=O)COc1ccccc1C(=O)NCc1ccccc1Cn1cccn1. The molecule has 2 aromatic carbocycles. The van der Waals surface area contributed by atoms with E-state index < -0.39 is 5.91 Å². The molecule has 3 N–H and O–H groups in total. The van der Waals surface area contributed by atoms with E-state index in [1.807, 2.05) is 41.2 Å². The second kappa shape index (κ2) is 8.66. The van der Waals surface area contributed by atoms with E-state index in [0.29, 0.717) is 24.4 Å². The summed E-state index contributed by atoms with van der Waals surface area (Å²) >= 11 is 0. The second-order valence-corrected chi connectivity index (χ2v) is 5.91. The smallest absolute Gasteiger partial charge is 0.255 e. The van der Waals surface area contributed by atoms with Gasteiger partial charge < -0.3 is 15.8 Å². The Balaban J connectivity index is 1.69. The molecule has 3 aromatic rings. The first-order chi connectivity index (χ1) is 13.1. The highest BCUT2D eigenvalue weighted by molar-refractivity contribution is 5.97. The Morgan fingerprint density at radius 1 is 1.04 bits per heavy atom. The Morgan fingerprint density at radius 3 is 2.52 bits per heavy atom. The van der Waals surface area contributed by atoms with Gasteiger partial charge in [0.1, 0.15) is 5.75 Å². The number of primary amides is 1. The lowest BCUT2D eigenvalue weighted by Gasteiger charge is -2.13. The van der Waals surface area contributed by atoms with E-state index in [9.17, 15) is 9.59 Å². The summed E-state index contributed by atoms with van der Waals surface area (Å²) < 4.78 is 7.15. The van der Waals surface area contributed by atoms with Crippen molar-refractivity contribution in [2.24, 2.45) is 5.73 Å². The van der Waals surface area contributed by atoms with Crippen molar-refractivity contribution in [1.29, 1.82) is 0 Å². The second-order valence-electron chi connectivity index (χ2n) is 5.91. The Kier molecular flexibility index (Phi) is 5.84. The van der Waals surface area contributed by atoms with E-state index >= 15 is 0 Å². The van der Waals surface area contributed by atoms with E-state index in [1.165, 1.54) is 0 Å². The van der Waals surface area contributed by atoms with Crippen LogP contribution < -0.4 is 15.8 Å².